The van der Waals surface area contributed by atoms with Gasteiger partial charge in [0.1, 0.15) is 52.1 Å². The van der Waals surface area contributed by atoms with Gasteiger partial charge in [0.2, 0.25) is 75.4 Å². The van der Waals surface area contributed by atoms with Crippen molar-refractivity contribution in [1.82, 2.24) is 66.6 Å². The summed E-state index contributed by atoms with van der Waals surface area (Å²) in [6.45, 7) is 10.3. The highest BCUT2D eigenvalue weighted by Gasteiger charge is 2.42. The number of hydrogen-bond acceptors (Lipinski definition) is 41. The van der Waals surface area contributed by atoms with Gasteiger partial charge in [0, 0.05) is 143 Å². The predicted octanol–water partition coefficient (Wildman–Crippen LogP) is 5.39. The Labute approximate surface area is 863 Å². The van der Waals surface area contributed by atoms with E-state index in [1.807, 2.05) is 75.2 Å². The van der Waals surface area contributed by atoms with Crippen LogP contribution in [0.5, 0.6) is 23.5 Å². The van der Waals surface area contributed by atoms with Gasteiger partial charge in [0.05, 0.1) is 108 Å². The maximum absolute atomic E-state index is 13.8. The zero-order chi connectivity index (χ0) is 112. The second-order valence-corrected chi connectivity index (χ2v) is 40.7. The van der Waals surface area contributed by atoms with E-state index in [-0.39, 0.29) is 198 Å². The van der Waals surface area contributed by atoms with Crippen molar-refractivity contribution in [2.75, 3.05) is 201 Å². The molecule has 814 valence electrons. The number of pyridine rings is 4. The Morgan fingerprint density at radius 3 is 1.11 bits per heavy atom. The van der Waals surface area contributed by atoms with Crippen LogP contribution in [-0.4, -0.2) is 329 Å². The van der Waals surface area contributed by atoms with Gasteiger partial charge in [-0.05, 0) is 179 Å². The minimum Gasteiger partial charge on any atom is -0.493 e. The molecule has 9 rings (SSSR count). The third kappa shape index (κ3) is 36.3. The molecule has 58 heteroatoms. The standard InChI is InChI=1S/C26H37N7O6S.C23H33N7O4S.C22H28N6O8S.C21H23F3N6O7S/c1-20-23(19-27)25(35)33(10-4-9-30(2)3)26(36)24(20)29-28-21-5-7-22(8-6-21)40(37,38)32-13-11-31(12-14-32)15-17-39-18-16-34;1-17-20(16-24)22(31)30(13-7-12-27(2)3)23(32)21(17)26-25-18-8-10-19(11-9-18)35(33,34)29(6)15-14-28(4)5;1-15(30)24-7-9-28-21(31)18(13-23)19(14-35-2)20(22(28)32)27-26-16-3-5-17(6-4-16)37(33,34)25-8-11-36-12-10-29;1-13(32)26-6-8-30-19(33)16(12-25)17(21(22,23)24)18(20(30)34)29-28-14-2-4-15(5-3-14)38(35,36)27-7-10-37-11-9-31/h5-8,34-35H,4,9-18H2,1-3H3;8-11,31H,7,12-15H2,1-6H3;3-6,25,29,31H,7-12,14H2,1-2H3,(H,24,30);2-5,27,31,33H,6-11H2,1H3,(H,26,32). The van der Waals surface area contributed by atoms with Crippen molar-refractivity contribution in [3.05, 3.63) is 183 Å². The number of aromatic nitrogens is 4. The lowest BCUT2D eigenvalue weighted by Crippen LogP contribution is -2.49. The van der Waals surface area contributed by atoms with E-state index in [4.69, 9.17) is 34.3 Å². The third-order valence-electron chi connectivity index (χ3n) is 21.6. The number of ether oxygens (including phenoxy) is 4. The third-order valence-corrected chi connectivity index (χ3v) is 28.3. The quantitative estimate of drug-likeness (QED) is 0.0168. The lowest BCUT2D eigenvalue weighted by molar-refractivity contribution is -0.137. The van der Waals surface area contributed by atoms with Crippen LogP contribution in [0.4, 0.5) is 58.7 Å². The number of azo groups is 4. The molecule has 0 saturated carbocycles. The first-order valence-electron chi connectivity index (χ1n) is 45.8. The SMILES string of the molecule is CC(=O)NCCn1c(O)c(C#N)c(C(F)(F)F)c(N=Nc2ccc(S(=O)(=O)NCCOCCO)cc2)c1=O.COCc1c(C#N)c(O)n(CCNC(C)=O)c(=O)c1N=Nc1ccc(S(=O)(=O)NCCOCCO)cc1.Cc1c(C#N)c(O)n(CCCN(C)C)c(=O)c1N=Nc1ccc(S(=O)(=O)N(C)CCN(C)C)cc1.Cc1c(C#N)c(O)n(CCCN(C)C)c(=O)c1N=Nc1ccc(S(=O)(=O)N2CCN(CCOCCO)CC2)cc1. The van der Waals surface area contributed by atoms with Crippen LogP contribution < -0.4 is 42.3 Å². The summed E-state index contributed by atoms with van der Waals surface area (Å²) in [6.07, 6.45) is -4.10. The molecule has 5 heterocycles. The largest absolute Gasteiger partial charge is 0.493 e. The number of amides is 2. The lowest BCUT2D eigenvalue weighted by Gasteiger charge is -2.33. The molecule has 51 nitrogen and oxygen atoms in total. The fourth-order valence-electron chi connectivity index (χ4n) is 13.7. The number of hydrogen-bond donors (Lipinski definition) is 11. The number of benzene rings is 4. The lowest BCUT2D eigenvalue weighted by atomic mass is 10.1. The predicted molar refractivity (Wildman–Crippen MR) is 537 cm³/mol. The number of sulfonamides is 4. The Morgan fingerprint density at radius 2 is 0.753 bits per heavy atom. The average Bonchev–Trinajstić information content (AvgIpc) is 0.756. The van der Waals surface area contributed by atoms with Gasteiger partial charge in [-0.1, -0.05) is 0 Å². The molecule has 4 aromatic heterocycles. The zero-order valence-electron chi connectivity index (χ0n) is 84.3. The normalized spacial score (nSPS) is 12.8. The van der Waals surface area contributed by atoms with Crippen LogP contribution in [0, 0.1) is 59.2 Å². The van der Waals surface area contributed by atoms with E-state index in [1.54, 1.807) is 0 Å². The average molecular weight is 2180 g/mol. The van der Waals surface area contributed by atoms with Crippen LogP contribution in [-0.2, 0) is 108 Å². The first-order valence-corrected chi connectivity index (χ1v) is 51.7. The summed E-state index contributed by atoms with van der Waals surface area (Å²) < 4.78 is 174. The Kier molecular flexibility index (Phi) is 50.0. The van der Waals surface area contributed by atoms with Crippen LogP contribution in [0.25, 0.3) is 0 Å². The molecule has 150 heavy (non-hydrogen) atoms. The first-order chi connectivity index (χ1) is 71.0. The van der Waals surface area contributed by atoms with Crippen molar-refractivity contribution in [3.8, 4) is 47.8 Å². The monoisotopic (exact) mass is 2170 g/mol. The van der Waals surface area contributed by atoms with Crippen LogP contribution in [0.2, 0.25) is 0 Å². The maximum Gasteiger partial charge on any atom is 0.420 e. The van der Waals surface area contributed by atoms with Crippen molar-refractivity contribution in [3.63, 3.8) is 0 Å². The van der Waals surface area contributed by atoms with Gasteiger partial charge >= 0.3 is 6.18 Å². The Morgan fingerprint density at radius 1 is 0.420 bits per heavy atom. The number of aliphatic hydroxyl groups excluding tert-OH is 3. The number of halogens is 3. The van der Waals surface area contributed by atoms with Crippen molar-refractivity contribution in [1.29, 1.82) is 21.0 Å². The molecule has 0 unspecified atom stereocenters. The van der Waals surface area contributed by atoms with Gasteiger partial charge < -0.3 is 80.0 Å². The molecule has 1 fully saturated rings. The van der Waals surface area contributed by atoms with Gasteiger partial charge in [0.15, 0.2) is 22.7 Å². The first kappa shape index (κ1) is 125. The highest BCUT2D eigenvalue weighted by molar-refractivity contribution is 7.90. The molecule has 0 aliphatic carbocycles. The number of piperazine rings is 1. The van der Waals surface area contributed by atoms with E-state index in [9.17, 15) is 117 Å². The van der Waals surface area contributed by atoms with Crippen molar-refractivity contribution < 1.29 is 111 Å². The Hall–Kier alpha value is -13.8. The number of nitrogens with zero attached hydrogens (tertiary/aromatic N) is 22. The number of likely N-dealkylation sites (N-methyl/N-ethyl adjacent to an activating group) is 2. The number of carbonyl (C=O) groups is 2. The van der Waals surface area contributed by atoms with Gasteiger partial charge in [0.25, 0.3) is 22.2 Å². The number of alkyl halides is 3. The molecule has 4 aromatic carbocycles. The molecule has 0 bridgehead atoms. The molecule has 11 N–H and O–H groups in total. The summed E-state index contributed by atoms with van der Waals surface area (Å²) in [5, 5.41) is 142. The summed E-state index contributed by atoms with van der Waals surface area (Å²) >= 11 is 0. The summed E-state index contributed by atoms with van der Waals surface area (Å²) in [4.78, 5) is 82.0. The van der Waals surface area contributed by atoms with E-state index in [0.29, 0.717) is 94.3 Å². The number of aliphatic hydroxyl groups is 3. The molecule has 1 aliphatic rings. The smallest absolute Gasteiger partial charge is 0.420 e. The van der Waals surface area contributed by atoms with Crippen molar-refractivity contribution in [2.45, 2.75) is 99.1 Å². The minimum absolute atomic E-state index is 0.00723. The van der Waals surface area contributed by atoms with E-state index in [0.717, 1.165) is 44.9 Å². The molecule has 8 aromatic rings. The summed E-state index contributed by atoms with van der Waals surface area (Å²) in [5.74, 6) is -3.46. The van der Waals surface area contributed by atoms with E-state index >= 15 is 0 Å². The summed E-state index contributed by atoms with van der Waals surface area (Å²) in [6, 6.07) is 28.4. The number of carbonyl (C=O) groups excluding carboxylic acids is 2. The van der Waals surface area contributed by atoms with Crippen molar-refractivity contribution >= 4 is 97.4 Å². The number of nitriles is 4. The molecule has 0 radical (unpaired) electrons. The minimum atomic E-state index is -5.27. The zero-order valence-corrected chi connectivity index (χ0v) is 87.6. The maximum atomic E-state index is 13.8. The van der Waals surface area contributed by atoms with Gasteiger partial charge in [-0.25, -0.2) is 43.1 Å². The number of rotatable bonds is 50. The van der Waals surface area contributed by atoms with Crippen LogP contribution in [0.3, 0.4) is 0 Å². The fraction of sp³-hybridized carbons (Fsp3) is 0.457. The number of aromatic hydroxyl groups is 4. The molecule has 1 aliphatic heterocycles. The fourth-order valence-corrected chi connectivity index (χ4v) is 18.3. The Bertz CT molecular complexity index is 7000. The van der Waals surface area contributed by atoms with Gasteiger partial charge in [-0.2, -0.15) is 63.3 Å². The second-order valence-electron chi connectivity index (χ2n) is 33.2. The van der Waals surface area contributed by atoms with Gasteiger partial charge in [-0.3, -0.25) is 51.9 Å². The molecule has 0 atom stereocenters. The van der Waals surface area contributed by atoms with Crippen molar-refractivity contribution in [2.24, 2.45) is 40.9 Å². The van der Waals surface area contributed by atoms with E-state index in [2.05, 4.69) is 65.9 Å². The molecular formula is C92H121F3N26O25S4. The van der Waals surface area contributed by atoms with Crippen LogP contribution >= 0.6 is 0 Å². The highest BCUT2D eigenvalue weighted by atomic mass is 32.2. The van der Waals surface area contributed by atoms with Crippen LogP contribution in [0.15, 0.2) is 177 Å². The number of methoxy groups -OCH3 is 1. The second kappa shape index (κ2) is 60.1. The molecular weight excluding hydrogens is 2050 g/mol. The topological polar surface area (TPSA) is 699 Å². The van der Waals surface area contributed by atoms with Crippen LogP contribution in [0.1, 0.15) is 71.2 Å². The molecule has 1 saturated heterocycles. The van der Waals surface area contributed by atoms with E-state index in [1.165, 1.54) is 122 Å². The summed E-state index contributed by atoms with van der Waals surface area (Å²) in [7, 11) is -0.927. The summed E-state index contributed by atoms with van der Waals surface area (Å²) in [5.41, 5.74) is -7.08. The Balaban J connectivity index is 0.000000305. The van der Waals surface area contributed by atoms with Gasteiger partial charge in [-0.15, -0.1) is 20.5 Å². The number of nitrogens with one attached hydrogen (secondary N) is 4. The molecule has 2 amide bonds. The highest BCUT2D eigenvalue weighted by Crippen LogP contribution is 2.41. The molecule has 0 spiro atoms. The van der Waals surface area contributed by atoms with E-state index < -0.39 is 115 Å².